The Morgan fingerprint density at radius 3 is 2.67 bits per heavy atom. The number of esters is 1. The van der Waals surface area contributed by atoms with E-state index in [1.807, 2.05) is 35.9 Å². The number of nitrogens with zero attached hydrogens (tertiary/aromatic N) is 1. The van der Waals surface area contributed by atoms with Gasteiger partial charge >= 0.3 is 5.97 Å². The third-order valence-corrected chi connectivity index (χ3v) is 2.80. The molecular formula is C13H14N2O3. The standard InChI is InChI=1S/C13H14N2O3/c1-8(12(14)16)18-13(17)10-7-15(2)11-6-4-3-5-9(10)11/h3-8H,1-2H3,(H2,14,16)/t8-/m1/s1. The van der Waals surface area contributed by atoms with Gasteiger partial charge in [0.1, 0.15) is 0 Å². The van der Waals surface area contributed by atoms with Gasteiger partial charge in [0.05, 0.1) is 5.56 Å². The van der Waals surface area contributed by atoms with Crippen LogP contribution in [-0.2, 0) is 16.6 Å². The number of hydrogen-bond donors (Lipinski definition) is 1. The molecule has 1 aromatic heterocycles. The third kappa shape index (κ3) is 2.07. The highest BCUT2D eigenvalue weighted by molar-refractivity contribution is 6.05. The van der Waals surface area contributed by atoms with Crippen molar-refractivity contribution in [2.45, 2.75) is 13.0 Å². The first-order valence-corrected chi connectivity index (χ1v) is 5.55. The van der Waals surface area contributed by atoms with E-state index in [2.05, 4.69) is 0 Å². The summed E-state index contributed by atoms with van der Waals surface area (Å²) < 4.78 is 6.83. The van der Waals surface area contributed by atoms with Crippen LogP contribution in [0.4, 0.5) is 0 Å². The molecule has 2 aromatic rings. The van der Waals surface area contributed by atoms with Gasteiger partial charge in [0.2, 0.25) is 0 Å². The van der Waals surface area contributed by atoms with Crippen LogP contribution in [0.2, 0.25) is 0 Å². The second-order valence-corrected chi connectivity index (χ2v) is 4.12. The van der Waals surface area contributed by atoms with E-state index in [1.54, 1.807) is 6.20 Å². The molecule has 0 saturated heterocycles. The summed E-state index contributed by atoms with van der Waals surface area (Å²) in [5.74, 6) is -1.21. The molecule has 0 aliphatic heterocycles. The van der Waals surface area contributed by atoms with E-state index in [0.29, 0.717) is 5.56 Å². The molecule has 94 valence electrons. The third-order valence-electron chi connectivity index (χ3n) is 2.80. The molecule has 1 heterocycles. The summed E-state index contributed by atoms with van der Waals surface area (Å²) in [5, 5.41) is 0.793. The maximum atomic E-state index is 11.9. The molecule has 0 spiro atoms. The molecule has 2 rings (SSSR count). The Kier molecular flexibility index (Phi) is 3.06. The maximum Gasteiger partial charge on any atom is 0.341 e. The van der Waals surface area contributed by atoms with Gasteiger partial charge in [-0.05, 0) is 13.0 Å². The zero-order chi connectivity index (χ0) is 13.3. The fourth-order valence-electron chi connectivity index (χ4n) is 1.79. The normalized spacial score (nSPS) is 12.3. The van der Waals surface area contributed by atoms with Gasteiger partial charge in [-0.1, -0.05) is 18.2 Å². The number of carbonyl (C=O) groups is 2. The van der Waals surface area contributed by atoms with Crippen LogP contribution in [0.3, 0.4) is 0 Å². The van der Waals surface area contributed by atoms with Crippen LogP contribution in [0.25, 0.3) is 10.9 Å². The second kappa shape index (κ2) is 4.52. The molecule has 0 bridgehead atoms. The molecule has 0 fully saturated rings. The Balaban J connectivity index is 2.37. The van der Waals surface area contributed by atoms with Crippen LogP contribution in [0.5, 0.6) is 0 Å². The highest BCUT2D eigenvalue weighted by Gasteiger charge is 2.19. The van der Waals surface area contributed by atoms with Crippen molar-refractivity contribution in [3.8, 4) is 0 Å². The zero-order valence-corrected chi connectivity index (χ0v) is 10.2. The highest BCUT2D eigenvalue weighted by Crippen LogP contribution is 2.21. The Morgan fingerprint density at radius 1 is 1.33 bits per heavy atom. The molecule has 0 saturated carbocycles. The van der Waals surface area contributed by atoms with Crippen molar-refractivity contribution in [1.29, 1.82) is 0 Å². The van der Waals surface area contributed by atoms with Gasteiger partial charge in [-0.25, -0.2) is 4.79 Å². The van der Waals surface area contributed by atoms with E-state index in [-0.39, 0.29) is 0 Å². The van der Waals surface area contributed by atoms with E-state index in [4.69, 9.17) is 10.5 Å². The lowest BCUT2D eigenvalue weighted by atomic mass is 10.2. The minimum absolute atomic E-state index is 0.432. The topological polar surface area (TPSA) is 74.3 Å². The average molecular weight is 246 g/mol. The molecule has 0 aliphatic carbocycles. The summed E-state index contributed by atoms with van der Waals surface area (Å²) in [5.41, 5.74) is 6.42. The monoisotopic (exact) mass is 246 g/mol. The van der Waals surface area contributed by atoms with Crippen LogP contribution in [0, 0.1) is 0 Å². The number of benzene rings is 1. The van der Waals surface area contributed by atoms with Crippen LogP contribution in [0.15, 0.2) is 30.5 Å². The molecule has 0 radical (unpaired) electrons. The number of ether oxygens (including phenoxy) is 1. The molecule has 1 aromatic carbocycles. The molecule has 18 heavy (non-hydrogen) atoms. The Labute approximate surface area is 104 Å². The molecule has 0 unspecified atom stereocenters. The summed E-state index contributed by atoms with van der Waals surface area (Å²) in [4.78, 5) is 22.8. The number of para-hydroxylation sites is 1. The van der Waals surface area contributed by atoms with Gasteiger partial charge < -0.3 is 15.0 Å². The molecule has 5 heteroatoms. The van der Waals surface area contributed by atoms with Crippen molar-refractivity contribution in [2.75, 3.05) is 0 Å². The number of nitrogens with two attached hydrogens (primary N) is 1. The van der Waals surface area contributed by atoms with Crippen LogP contribution in [-0.4, -0.2) is 22.5 Å². The molecular weight excluding hydrogens is 232 g/mol. The predicted molar refractivity (Wildman–Crippen MR) is 67.0 cm³/mol. The largest absolute Gasteiger partial charge is 0.449 e. The first-order valence-electron chi connectivity index (χ1n) is 5.55. The first kappa shape index (κ1) is 12.2. The molecule has 1 atom stereocenters. The highest BCUT2D eigenvalue weighted by atomic mass is 16.5. The lowest BCUT2D eigenvalue weighted by Crippen LogP contribution is -2.30. The number of primary amides is 1. The maximum absolute atomic E-state index is 11.9. The average Bonchev–Trinajstić information content (AvgIpc) is 2.67. The van der Waals surface area contributed by atoms with Crippen molar-refractivity contribution in [2.24, 2.45) is 12.8 Å². The lowest BCUT2D eigenvalue weighted by molar-refractivity contribution is -0.125. The van der Waals surface area contributed by atoms with E-state index in [1.165, 1.54) is 6.92 Å². The van der Waals surface area contributed by atoms with Crippen LogP contribution in [0.1, 0.15) is 17.3 Å². The molecule has 5 nitrogen and oxygen atoms in total. The zero-order valence-electron chi connectivity index (χ0n) is 10.2. The predicted octanol–water partition coefficient (Wildman–Crippen LogP) is 1.21. The fourth-order valence-corrected chi connectivity index (χ4v) is 1.79. The van der Waals surface area contributed by atoms with Crippen molar-refractivity contribution < 1.29 is 14.3 Å². The number of fused-ring (bicyclic) bond motifs is 1. The minimum atomic E-state index is -0.934. The molecule has 1 amide bonds. The summed E-state index contributed by atoms with van der Waals surface area (Å²) in [6.45, 7) is 1.45. The van der Waals surface area contributed by atoms with Crippen molar-refractivity contribution in [1.82, 2.24) is 4.57 Å². The first-order chi connectivity index (χ1) is 8.50. The Bertz CT molecular complexity index is 616. The number of aromatic nitrogens is 1. The van der Waals surface area contributed by atoms with E-state index in [0.717, 1.165) is 10.9 Å². The van der Waals surface area contributed by atoms with Gasteiger partial charge in [-0.3, -0.25) is 4.79 Å². The van der Waals surface area contributed by atoms with Gasteiger partial charge in [0.15, 0.2) is 6.10 Å². The van der Waals surface area contributed by atoms with Crippen molar-refractivity contribution in [3.63, 3.8) is 0 Å². The summed E-state index contributed by atoms with van der Waals surface area (Å²) in [7, 11) is 1.84. The van der Waals surface area contributed by atoms with Crippen LogP contribution < -0.4 is 5.73 Å². The van der Waals surface area contributed by atoms with E-state index >= 15 is 0 Å². The Hall–Kier alpha value is -2.30. The number of aryl methyl sites for hydroxylation is 1. The minimum Gasteiger partial charge on any atom is -0.449 e. The van der Waals surface area contributed by atoms with E-state index in [9.17, 15) is 9.59 Å². The number of rotatable bonds is 3. The second-order valence-electron chi connectivity index (χ2n) is 4.12. The summed E-state index contributed by atoms with van der Waals surface area (Å²) in [6, 6.07) is 7.48. The number of carbonyl (C=O) groups excluding carboxylic acids is 2. The van der Waals surface area contributed by atoms with Crippen molar-refractivity contribution in [3.05, 3.63) is 36.0 Å². The van der Waals surface area contributed by atoms with Gasteiger partial charge in [-0.15, -0.1) is 0 Å². The van der Waals surface area contributed by atoms with E-state index < -0.39 is 18.0 Å². The summed E-state index contributed by atoms with van der Waals surface area (Å²) >= 11 is 0. The fraction of sp³-hybridized carbons (Fsp3) is 0.231. The molecule has 2 N–H and O–H groups in total. The Morgan fingerprint density at radius 2 is 2.00 bits per heavy atom. The van der Waals surface area contributed by atoms with Gasteiger partial charge in [0.25, 0.3) is 5.91 Å². The number of hydrogen-bond acceptors (Lipinski definition) is 3. The van der Waals surface area contributed by atoms with Crippen molar-refractivity contribution >= 4 is 22.8 Å². The molecule has 0 aliphatic rings. The lowest BCUT2D eigenvalue weighted by Gasteiger charge is -2.08. The SMILES string of the molecule is C[C@@H](OC(=O)c1cn(C)c2ccccc12)C(N)=O. The number of amides is 1. The smallest absolute Gasteiger partial charge is 0.341 e. The summed E-state index contributed by atoms with van der Waals surface area (Å²) in [6.07, 6.45) is 0.747. The van der Waals surface area contributed by atoms with Gasteiger partial charge in [-0.2, -0.15) is 0 Å². The van der Waals surface area contributed by atoms with Gasteiger partial charge in [0, 0.05) is 24.1 Å². The quantitative estimate of drug-likeness (QED) is 0.827. The van der Waals surface area contributed by atoms with Crippen LogP contribution >= 0.6 is 0 Å².